The van der Waals surface area contributed by atoms with E-state index in [2.05, 4.69) is 6.58 Å². The number of allylic oxidation sites excluding steroid dienone is 1. The second-order valence-electron chi connectivity index (χ2n) is 3.23. The summed E-state index contributed by atoms with van der Waals surface area (Å²) in [4.78, 5) is 11.7. The topological polar surface area (TPSA) is 17.1 Å². The minimum absolute atomic E-state index is 0.0318. The summed E-state index contributed by atoms with van der Waals surface area (Å²) in [5.41, 5.74) is 0.508. The van der Waals surface area contributed by atoms with Gasteiger partial charge in [-0.2, -0.15) is 0 Å². The molecule has 0 heterocycles. The summed E-state index contributed by atoms with van der Waals surface area (Å²) in [5, 5.41) is 0.995. The van der Waals surface area contributed by atoms with Crippen molar-refractivity contribution in [3.63, 3.8) is 0 Å². The van der Waals surface area contributed by atoms with Crippen molar-refractivity contribution in [1.29, 1.82) is 0 Å². The molecule has 3 heteroatoms. The van der Waals surface area contributed by atoms with E-state index < -0.39 is 0 Å². The molecule has 1 aromatic rings. The zero-order valence-electron chi connectivity index (χ0n) is 8.30. The highest BCUT2D eigenvalue weighted by Gasteiger charge is 2.10. The minimum Gasteiger partial charge on any atom is -0.294 e. The molecule has 0 N–H and O–H groups in total. The highest BCUT2D eigenvalue weighted by atomic mass is 35.5. The molecule has 0 radical (unpaired) electrons. The molecule has 1 nitrogen and oxygen atoms in total. The zero-order chi connectivity index (χ0) is 11.3. The maximum absolute atomic E-state index is 11.7. The molecule has 0 unspecified atom stereocenters. The number of hydrogen-bond acceptors (Lipinski definition) is 1. The van der Waals surface area contributed by atoms with Crippen molar-refractivity contribution < 1.29 is 4.79 Å². The SMILES string of the molecule is C=CCCCC(=O)c1cc(Cl)ccc1Cl. The number of rotatable bonds is 5. The van der Waals surface area contributed by atoms with E-state index in [0.29, 0.717) is 22.0 Å². The number of hydrogen-bond donors (Lipinski definition) is 0. The van der Waals surface area contributed by atoms with Crippen LogP contribution in [-0.2, 0) is 0 Å². The monoisotopic (exact) mass is 242 g/mol. The van der Waals surface area contributed by atoms with Gasteiger partial charge in [-0.15, -0.1) is 6.58 Å². The van der Waals surface area contributed by atoms with E-state index in [-0.39, 0.29) is 5.78 Å². The summed E-state index contributed by atoms with van der Waals surface area (Å²) in [6.07, 6.45) is 3.91. The highest BCUT2D eigenvalue weighted by Crippen LogP contribution is 2.22. The van der Waals surface area contributed by atoms with E-state index in [0.717, 1.165) is 12.8 Å². The van der Waals surface area contributed by atoms with Gasteiger partial charge in [-0.3, -0.25) is 4.79 Å². The van der Waals surface area contributed by atoms with Gasteiger partial charge in [0.15, 0.2) is 5.78 Å². The fraction of sp³-hybridized carbons (Fsp3) is 0.250. The molecular weight excluding hydrogens is 231 g/mol. The Morgan fingerprint density at radius 2 is 2.13 bits per heavy atom. The van der Waals surface area contributed by atoms with Gasteiger partial charge in [-0.25, -0.2) is 0 Å². The third kappa shape index (κ3) is 3.69. The summed E-state index contributed by atoms with van der Waals surface area (Å²) in [6.45, 7) is 3.60. The van der Waals surface area contributed by atoms with Crippen LogP contribution in [0.5, 0.6) is 0 Å². The van der Waals surface area contributed by atoms with Crippen molar-refractivity contribution in [2.24, 2.45) is 0 Å². The minimum atomic E-state index is 0.0318. The van der Waals surface area contributed by atoms with Crippen LogP contribution in [-0.4, -0.2) is 5.78 Å². The Morgan fingerprint density at radius 3 is 2.80 bits per heavy atom. The molecule has 0 aromatic heterocycles. The fourth-order valence-corrected chi connectivity index (χ4v) is 1.65. The molecule has 0 aliphatic heterocycles. The Kier molecular flexibility index (Phi) is 4.86. The van der Waals surface area contributed by atoms with Gasteiger partial charge in [0.05, 0.1) is 5.02 Å². The van der Waals surface area contributed by atoms with Crippen LogP contribution in [0.3, 0.4) is 0 Å². The summed E-state index contributed by atoms with van der Waals surface area (Å²) in [7, 11) is 0. The number of Topliss-reactive ketones (excluding diaryl/α,β-unsaturated/α-hetero) is 1. The van der Waals surface area contributed by atoms with E-state index in [4.69, 9.17) is 23.2 Å². The molecule has 0 spiro atoms. The van der Waals surface area contributed by atoms with Gasteiger partial charge < -0.3 is 0 Å². The van der Waals surface area contributed by atoms with Crippen LogP contribution in [0.4, 0.5) is 0 Å². The average molecular weight is 243 g/mol. The Labute approximate surface area is 99.7 Å². The van der Waals surface area contributed by atoms with Crippen LogP contribution >= 0.6 is 23.2 Å². The van der Waals surface area contributed by atoms with Crippen LogP contribution in [0.25, 0.3) is 0 Å². The van der Waals surface area contributed by atoms with Gasteiger partial charge in [0.2, 0.25) is 0 Å². The van der Waals surface area contributed by atoms with Gasteiger partial charge >= 0.3 is 0 Å². The molecule has 1 rings (SSSR count). The second-order valence-corrected chi connectivity index (χ2v) is 4.07. The summed E-state index contributed by atoms with van der Waals surface area (Å²) >= 11 is 11.7. The summed E-state index contributed by atoms with van der Waals surface area (Å²) in [5.74, 6) is 0.0318. The first-order valence-electron chi connectivity index (χ1n) is 4.74. The van der Waals surface area contributed by atoms with Crippen molar-refractivity contribution in [3.8, 4) is 0 Å². The predicted octanol–water partition coefficient (Wildman–Crippen LogP) is 4.53. The van der Waals surface area contributed by atoms with Crippen LogP contribution in [0.1, 0.15) is 29.6 Å². The van der Waals surface area contributed by atoms with Crippen LogP contribution in [0.15, 0.2) is 30.9 Å². The van der Waals surface area contributed by atoms with Crippen LogP contribution < -0.4 is 0 Å². The van der Waals surface area contributed by atoms with E-state index >= 15 is 0 Å². The number of carbonyl (C=O) groups excluding carboxylic acids is 1. The lowest BCUT2D eigenvalue weighted by molar-refractivity contribution is 0.0980. The third-order valence-corrected chi connectivity index (χ3v) is 2.61. The highest BCUT2D eigenvalue weighted by molar-refractivity contribution is 6.35. The van der Waals surface area contributed by atoms with Gasteiger partial charge in [0.1, 0.15) is 0 Å². The van der Waals surface area contributed by atoms with Crippen LogP contribution in [0, 0.1) is 0 Å². The van der Waals surface area contributed by atoms with Gasteiger partial charge in [0.25, 0.3) is 0 Å². The van der Waals surface area contributed by atoms with E-state index in [9.17, 15) is 4.79 Å². The van der Waals surface area contributed by atoms with Crippen molar-refractivity contribution in [2.45, 2.75) is 19.3 Å². The van der Waals surface area contributed by atoms with Crippen molar-refractivity contribution in [3.05, 3.63) is 46.5 Å². The average Bonchev–Trinajstić information content (AvgIpc) is 2.22. The Balaban J connectivity index is 2.72. The van der Waals surface area contributed by atoms with E-state index in [1.165, 1.54) is 0 Å². The zero-order valence-corrected chi connectivity index (χ0v) is 9.81. The number of unbranched alkanes of at least 4 members (excludes halogenated alkanes) is 1. The maximum atomic E-state index is 11.7. The number of carbonyl (C=O) groups is 1. The number of halogens is 2. The quantitative estimate of drug-likeness (QED) is 0.421. The molecule has 80 valence electrons. The second kappa shape index (κ2) is 5.94. The molecule has 0 saturated carbocycles. The molecule has 15 heavy (non-hydrogen) atoms. The first-order chi connectivity index (χ1) is 7.15. The lowest BCUT2D eigenvalue weighted by Crippen LogP contribution is -1.99. The van der Waals surface area contributed by atoms with Crippen molar-refractivity contribution in [2.75, 3.05) is 0 Å². The van der Waals surface area contributed by atoms with E-state index in [1.54, 1.807) is 24.3 Å². The smallest absolute Gasteiger partial charge is 0.164 e. The normalized spacial score (nSPS) is 10.0. The molecule has 0 atom stereocenters. The lowest BCUT2D eigenvalue weighted by Gasteiger charge is -2.03. The Hall–Kier alpha value is -0.790. The lowest BCUT2D eigenvalue weighted by atomic mass is 10.1. The van der Waals surface area contributed by atoms with Gasteiger partial charge in [-0.05, 0) is 31.0 Å². The molecule has 0 amide bonds. The molecule has 0 fully saturated rings. The number of benzene rings is 1. The van der Waals surface area contributed by atoms with Gasteiger partial charge in [0, 0.05) is 17.0 Å². The fourth-order valence-electron chi connectivity index (χ4n) is 1.25. The molecule has 0 bridgehead atoms. The molecule has 1 aromatic carbocycles. The molecule has 0 aliphatic rings. The standard InChI is InChI=1S/C12H12Cl2O/c1-2-3-4-5-12(15)10-8-9(13)6-7-11(10)14/h2,6-8H,1,3-5H2. The maximum Gasteiger partial charge on any atom is 0.164 e. The number of ketones is 1. The summed E-state index contributed by atoms with van der Waals surface area (Å²) < 4.78 is 0. The largest absolute Gasteiger partial charge is 0.294 e. The molecular formula is C12H12Cl2O. The summed E-state index contributed by atoms with van der Waals surface area (Å²) in [6, 6.07) is 4.93. The first-order valence-corrected chi connectivity index (χ1v) is 5.50. The van der Waals surface area contributed by atoms with Gasteiger partial charge in [-0.1, -0.05) is 29.3 Å². The predicted molar refractivity (Wildman–Crippen MR) is 64.8 cm³/mol. The Bertz CT molecular complexity index is 372. The van der Waals surface area contributed by atoms with E-state index in [1.807, 2.05) is 0 Å². The van der Waals surface area contributed by atoms with Crippen LogP contribution in [0.2, 0.25) is 10.0 Å². The van der Waals surface area contributed by atoms with Crippen molar-refractivity contribution >= 4 is 29.0 Å². The molecule has 0 aliphatic carbocycles. The Morgan fingerprint density at radius 1 is 1.40 bits per heavy atom. The third-order valence-electron chi connectivity index (χ3n) is 2.04. The first kappa shape index (κ1) is 12.3. The molecule has 0 saturated heterocycles. The van der Waals surface area contributed by atoms with Crippen molar-refractivity contribution in [1.82, 2.24) is 0 Å².